The third kappa shape index (κ3) is 8.79. The highest BCUT2D eigenvalue weighted by atomic mass is 28.4. The van der Waals surface area contributed by atoms with Gasteiger partial charge < -0.3 is 14.5 Å². The molecule has 1 amide bonds. The van der Waals surface area contributed by atoms with Gasteiger partial charge in [0.1, 0.15) is 11.4 Å². The number of nitrogens with zero attached hydrogens (tertiary/aromatic N) is 3. The topological polar surface area (TPSA) is 127 Å². The van der Waals surface area contributed by atoms with Crippen LogP contribution in [0.5, 0.6) is 5.75 Å². The lowest BCUT2D eigenvalue weighted by Gasteiger charge is -2.36. The molecule has 248 valence electrons. The summed E-state index contributed by atoms with van der Waals surface area (Å²) in [5.41, 5.74) is 4.29. The van der Waals surface area contributed by atoms with Crippen molar-refractivity contribution in [2.24, 2.45) is 0 Å². The van der Waals surface area contributed by atoms with Crippen molar-refractivity contribution in [3.05, 3.63) is 100 Å². The molecule has 4 aromatic rings. The summed E-state index contributed by atoms with van der Waals surface area (Å²) in [7, 11) is -4.35. The number of benzene rings is 3. The normalized spacial score (nSPS) is 12.5. The van der Waals surface area contributed by atoms with E-state index >= 15 is 0 Å². The van der Waals surface area contributed by atoms with E-state index in [1.54, 1.807) is 18.3 Å². The van der Waals surface area contributed by atoms with E-state index in [4.69, 9.17) is 9.41 Å². The summed E-state index contributed by atoms with van der Waals surface area (Å²) in [6.45, 7) is 19.1. The van der Waals surface area contributed by atoms with Crippen LogP contribution >= 0.6 is 0 Å². The minimum atomic E-state index is -2.35. The first-order valence-electron chi connectivity index (χ1n) is 15.8. The molecule has 0 atom stereocenters. The fraction of sp³-hybridized carbons (Fsp3) is 0.361. The van der Waals surface area contributed by atoms with E-state index in [9.17, 15) is 19.7 Å². The second-order valence-electron chi connectivity index (χ2n) is 14.8. The molecule has 0 aliphatic rings. The zero-order valence-electron chi connectivity index (χ0n) is 28.8. The minimum absolute atomic E-state index is 0.0440. The summed E-state index contributed by atoms with van der Waals surface area (Å²) < 4.78 is 6.43. The van der Waals surface area contributed by atoms with Gasteiger partial charge in [-0.1, -0.05) is 58.9 Å². The van der Waals surface area contributed by atoms with Crippen molar-refractivity contribution in [2.45, 2.75) is 83.7 Å². The van der Waals surface area contributed by atoms with Crippen molar-refractivity contribution in [3.63, 3.8) is 0 Å². The Labute approximate surface area is 279 Å². The van der Waals surface area contributed by atoms with Gasteiger partial charge in [0.15, 0.2) is 14.1 Å². The zero-order valence-corrected chi connectivity index (χ0v) is 30.8. The van der Waals surface area contributed by atoms with Crippen LogP contribution in [0.3, 0.4) is 0 Å². The molecule has 0 radical (unpaired) electrons. The van der Waals surface area contributed by atoms with Crippen LogP contribution in [0.4, 0.5) is 11.5 Å². The SMILES string of the molecule is CC(C)(Cc1ccc(CC(=O)Nc2ncc(-c3ccc(O[Si](C)(C)C(C)(C)C)cc3)nc2-c2ccc([N+](=O)[O-])cc2)cc1)[Si](C)(C)O. The van der Waals surface area contributed by atoms with Gasteiger partial charge in [-0.05, 0) is 90.2 Å². The predicted molar refractivity (Wildman–Crippen MR) is 194 cm³/mol. The third-order valence-electron chi connectivity index (χ3n) is 9.40. The molecular weight excluding hydrogens is 625 g/mol. The van der Waals surface area contributed by atoms with E-state index < -0.39 is 21.6 Å². The van der Waals surface area contributed by atoms with Crippen LogP contribution in [0.2, 0.25) is 36.3 Å². The van der Waals surface area contributed by atoms with E-state index in [1.165, 1.54) is 12.1 Å². The van der Waals surface area contributed by atoms with Crippen LogP contribution in [-0.2, 0) is 17.6 Å². The number of anilines is 1. The second kappa shape index (κ2) is 13.5. The lowest BCUT2D eigenvalue weighted by molar-refractivity contribution is -0.384. The van der Waals surface area contributed by atoms with Gasteiger partial charge in [0.05, 0.1) is 23.2 Å². The van der Waals surface area contributed by atoms with Gasteiger partial charge >= 0.3 is 0 Å². The van der Waals surface area contributed by atoms with Crippen molar-refractivity contribution >= 4 is 34.0 Å². The summed E-state index contributed by atoms with van der Waals surface area (Å²) in [4.78, 5) is 44.2. The summed E-state index contributed by atoms with van der Waals surface area (Å²) in [5.74, 6) is 0.793. The maximum Gasteiger partial charge on any atom is 0.269 e. The van der Waals surface area contributed by atoms with Crippen LogP contribution in [0.25, 0.3) is 22.5 Å². The van der Waals surface area contributed by atoms with E-state index in [0.29, 0.717) is 17.0 Å². The van der Waals surface area contributed by atoms with Crippen molar-refractivity contribution in [1.82, 2.24) is 9.97 Å². The summed E-state index contributed by atoms with van der Waals surface area (Å²) in [6, 6.07) is 21.6. The summed E-state index contributed by atoms with van der Waals surface area (Å²) in [5, 5.41) is 14.1. The first kappa shape index (κ1) is 35.7. The largest absolute Gasteiger partial charge is 0.544 e. The molecular formula is C36H46N4O5Si2. The molecule has 0 bridgehead atoms. The molecule has 0 fully saturated rings. The van der Waals surface area contributed by atoms with Crippen LogP contribution in [0.15, 0.2) is 79.0 Å². The Morgan fingerprint density at radius 3 is 1.96 bits per heavy atom. The van der Waals surface area contributed by atoms with Crippen LogP contribution in [0, 0.1) is 10.1 Å². The Hall–Kier alpha value is -4.20. The summed E-state index contributed by atoms with van der Waals surface area (Å²) >= 11 is 0. The average molecular weight is 671 g/mol. The number of non-ortho nitro benzene ring substituents is 1. The number of amides is 1. The fourth-order valence-corrected chi connectivity index (χ4v) is 6.23. The van der Waals surface area contributed by atoms with Gasteiger partial charge in [-0.3, -0.25) is 14.9 Å². The molecule has 3 aromatic carbocycles. The third-order valence-corrected chi connectivity index (χ3v) is 17.2. The lowest BCUT2D eigenvalue weighted by Crippen LogP contribution is -2.43. The number of nitro groups is 1. The van der Waals surface area contributed by atoms with Crippen molar-refractivity contribution in [3.8, 4) is 28.3 Å². The van der Waals surface area contributed by atoms with E-state index in [-0.39, 0.29) is 33.9 Å². The second-order valence-corrected chi connectivity index (χ2v) is 24.0. The van der Waals surface area contributed by atoms with Gasteiger partial charge in [-0.25, -0.2) is 9.97 Å². The minimum Gasteiger partial charge on any atom is -0.544 e. The number of hydrogen-bond donors (Lipinski definition) is 2. The zero-order chi connectivity index (χ0) is 34.8. The molecule has 0 spiro atoms. The first-order valence-corrected chi connectivity index (χ1v) is 21.6. The van der Waals surface area contributed by atoms with Crippen molar-refractivity contribution in [2.75, 3.05) is 5.32 Å². The molecule has 11 heteroatoms. The molecule has 0 aliphatic carbocycles. The van der Waals surface area contributed by atoms with Gasteiger partial charge in [0, 0.05) is 23.3 Å². The van der Waals surface area contributed by atoms with Crippen LogP contribution in [-0.4, -0.2) is 42.2 Å². The van der Waals surface area contributed by atoms with Gasteiger partial charge in [0.2, 0.25) is 14.2 Å². The van der Waals surface area contributed by atoms with Crippen LogP contribution in [0.1, 0.15) is 45.7 Å². The Morgan fingerprint density at radius 1 is 0.872 bits per heavy atom. The molecule has 9 nitrogen and oxygen atoms in total. The molecule has 0 unspecified atom stereocenters. The Bertz CT molecular complexity index is 1730. The van der Waals surface area contributed by atoms with Gasteiger partial charge in [0.25, 0.3) is 5.69 Å². The number of carbonyl (C=O) groups is 1. The van der Waals surface area contributed by atoms with Crippen molar-refractivity contribution in [1.29, 1.82) is 0 Å². The summed E-state index contributed by atoms with van der Waals surface area (Å²) in [6.07, 6.45) is 2.49. The number of nitro benzene ring substituents is 1. The van der Waals surface area contributed by atoms with E-state index in [1.807, 2.05) is 61.6 Å². The Morgan fingerprint density at radius 2 is 1.43 bits per heavy atom. The molecule has 0 aliphatic heterocycles. The van der Waals surface area contributed by atoms with E-state index in [2.05, 4.69) is 58.0 Å². The standard InChI is InChI=1S/C36H46N4O5Si2/c1-35(2,3)47(8,9)45-30-20-16-27(17-21-30)31-24-37-34(33(38-31)28-14-18-29(19-15-28)40(42)43)39-32(41)22-25-10-12-26(13-11-25)23-36(4,5)46(6,7)44/h10-21,24,44H,22-23H2,1-9H3,(H,37,39,41). The fourth-order valence-electron chi connectivity index (χ4n) is 4.57. The highest BCUT2D eigenvalue weighted by molar-refractivity contribution is 6.74. The number of aromatic nitrogens is 2. The molecule has 0 saturated carbocycles. The smallest absolute Gasteiger partial charge is 0.269 e. The maximum absolute atomic E-state index is 13.2. The van der Waals surface area contributed by atoms with Crippen LogP contribution < -0.4 is 9.74 Å². The average Bonchev–Trinajstić information content (AvgIpc) is 2.97. The maximum atomic E-state index is 13.2. The monoisotopic (exact) mass is 670 g/mol. The molecule has 0 saturated heterocycles. The molecule has 4 rings (SSSR count). The number of nitrogens with one attached hydrogen (secondary N) is 1. The molecule has 1 heterocycles. The Balaban J connectivity index is 1.58. The molecule has 47 heavy (non-hydrogen) atoms. The number of hydrogen-bond acceptors (Lipinski definition) is 7. The van der Waals surface area contributed by atoms with Gasteiger partial charge in [-0.2, -0.15) is 0 Å². The Kier molecular flexibility index (Phi) is 10.2. The number of rotatable bonds is 11. The highest BCUT2D eigenvalue weighted by Crippen LogP contribution is 2.39. The quantitative estimate of drug-likeness (QED) is 0.0927. The van der Waals surface area contributed by atoms with E-state index in [0.717, 1.165) is 28.9 Å². The molecule has 1 aromatic heterocycles. The first-order chi connectivity index (χ1) is 21.8. The highest BCUT2D eigenvalue weighted by Gasteiger charge is 2.39. The van der Waals surface area contributed by atoms with Crippen molar-refractivity contribution < 1.29 is 18.9 Å². The predicted octanol–water partition coefficient (Wildman–Crippen LogP) is 8.80. The van der Waals surface area contributed by atoms with Gasteiger partial charge in [-0.15, -0.1) is 0 Å². The number of carbonyl (C=O) groups excluding carboxylic acids is 1. The molecule has 2 N–H and O–H groups in total. The lowest BCUT2D eigenvalue weighted by atomic mass is 10.00.